The first kappa shape index (κ1) is 17.8. The molecule has 0 N–H and O–H groups in total. The molecular weight excluding hydrogens is 338 g/mol. The summed E-state index contributed by atoms with van der Waals surface area (Å²) >= 11 is 0. The quantitative estimate of drug-likeness (QED) is 0.702. The molecule has 0 amide bonds. The summed E-state index contributed by atoms with van der Waals surface area (Å²) in [6.07, 6.45) is 8.03. The zero-order valence-electron chi connectivity index (χ0n) is 16.1. The fraction of sp³-hybridized carbons (Fsp3) is 0.429. The predicted molar refractivity (Wildman–Crippen MR) is 103 cm³/mol. The molecule has 6 nitrogen and oxygen atoms in total. The van der Waals surface area contributed by atoms with E-state index in [1.54, 1.807) is 0 Å². The Bertz CT molecular complexity index is 882. The van der Waals surface area contributed by atoms with Crippen molar-refractivity contribution in [3.63, 3.8) is 0 Å². The summed E-state index contributed by atoms with van der Waals surface area (Å²) in [6, 6.07) is 4.29. The van der Waals surface area contributed by atoms with E-state index < -0.39 is 0 Å². The Hall–Kier alpha value is -2.60. The number of nitrogens with zero attached hydrogens (tertiary/aromatic N) is 5. The van der Waals surface area contributed by atoms with Gasteiger partial charge in [0.15, 0.2) is 0 Å². The third-order valence-electron chi connectivity index (χ3n) is 5.25. The van der Waals surface area contributed by atoms with Crippen LogP contribution in [0.4, 0.5) is 0 Å². The number of likely N-dealkylation sites (tertiary alicyclic amines) is 1. The van der Waals surface area contributed by atoms with Crippen LogP contribution in [0.3, 0.4) is 0 Å². The molecule has 27 heavy (non-hydrogen) atoms. The topological polar surface area (TPSA) is 67.9 Å². The van der Waals surface area contributed by atoms with Crippen LogP contribution in [-0.2, 0) is 6.54 Å². The van der Waals surface area contributed by atoms with Crippen molar-refractivity contribution < 1.29 is 4.52 Å². The highest BCUT2D eigenvalue weighted by molar-refractivity contribution is 5.66. The summed E-state index contributed by atoms with van der Waals surface area (Å²) in [4.78, 5) is 16.1. The van der Waals surface area contributed by atoms with Crippen LogP contribution in [0.5, 0.6) is 0 Å². The molecule has 0 radical (unpaired) electrons. The molecule has 6 heteroatoms. The fourth-order valence-electron chi connectivity index (χ4n) is 3.86. The van der Waals surface area contributed by atoms with E-state index in [2.05, 4.69) is 32.2 Å². The van der Waals surface area contributed by atoms with E-state index in [4.69, 9.17) is 9.51 Å². The molecule has 0 aromatic carbocycles. The van der Waals surface area contributed by atoms with Gasteiger partial charge in [0, 0.05) is 54.4 Å². The standard InChI is InChI=1S/C21H25N5O/c1-14-9-23-19(11-22-14)13-26-8-4-5-18(12-26)20-7-6-17(10-24-20)21-15(2)25-27-16(21)3/h6-7,9-11,18H,4-5,8,12-13H2,1-3H3/t18-/m0/s1. The highest BCUT2D eigenvalue weighted by Gasteiger charge is 2.23. The Balaban J connectivity index is 1.46. The Labute approximate surface area is 159 Å². The first-order valence-electron chi connectivity index (χ1n) is 9.49. The van der Waals surface area contributed by atoms with Gasteiger partial charge in [-0.1, -0.05) is 11.2 Å². The third kappa shape index (κ3) is 3.90. The van der Waals surface area contributed by atoms with Crippen LogP contribution < -0.4 is 0 Å². The Morgan fingerprint density at radius 2 is 1.96 bits per heavy atom. The molecule has 0 aliphatic carbocycles. The SMILES string of the molecule is Cc1cnc(CN2CCC[C@H](c3ccc(-c4c(C)noc4C)cn3)C2)cn1. The molecule has 0 spiro atoms. The van der Waals surface area contributed by atoms with E-state index in [1.807, 2.05) is 39.4 Å². The second-order valence-corrected chi connectivity index (χ2v) is 7.39. The van der Waals surface area contributed by atoms with Crippen molar-refractivity contribution in [1.82, 2.24) is 25.0 Å². The Kier molecular flexibility index (Phi) is 4.99. The average Bonchev–Trinajstić information content (AvgIpc) is 3.02. The highest BCUT2D eigenvalue weighted by atomic mass is 16.5. The molecule has 1 atom stereocenters. The molecule has 3 aromatic heterocycles. The Morgan fingerprint density at radius 3 is 2.63 bits per heavy atom. The molecule has 4 heterocycles. The van der Waals surface area contributed by atoms with Gasteiger partial charge in [-0.3, -0.25) is 19.9 Å². The normalized spacial score (nSPS) is 18.0. The lowest BCUT2D eigenvalue weighted by Crippen LogP contribution is -2.34. The van der Waals surface area contributed by atoms with E-state index in [-0.39, 0.29) is 0 Å². The molecular formula is C21H25N5O. The minimum atomic E-state index is 0.455. The van der Waals surface area contributed by atoms with Gasteiger partial charge in [-0.2, -0.15) is 0 Å². The van der Waals surface area contributed by atoms with Crippen molar-refractivity contribution in [2.75, 3.05) is 13.1 Å². The molecule has 1 aliphatic heterocycles. The maximum atomic E-state index is 5.28. The number of hydrogen-bond acceptors (Lipinski definition) is 6. The van der Waals surface area contributed by atoms with Crippen LogP contribution >= 0.6 is 0 Å². The van der Waals surface area contributed by atoms with Crippen molar-refractivity contribution in [3.8, 4) is 11.1 Å². The molecule has 3 aromatic rings. The maximum Gasteiger partial charge on any atom is 0.141 e. The van der Waals surface area contributed by atoms with Gasteiger partial charge in [-0.05, 0) is 46.2 Å². The fourth-order valence-corrected chi connectivity index (χ4v) is 3.86. The van der Waals surface area contributed by atoms with E-state index in [0.717, 1.165) is 59.3 Å². The lowest BCUT2D eigenvalue weighted by Gasteiger charge is -2.32. The van der Waals surface area contributed by atoms with E-state index >= 15 is 0 Å². The van der Waals surface area contributed by atoms with Gasteiger partial charge >= 0.3 is 0 Å². The summed E-state index contributed by atoms with van der Waals surface area (Å²) < 4.78 is 5.28. The molecule has 0 unspecified atom stereocenters. The molecule has 0 bridgehead atoms. The summed E-state index contributed by atoms with van der Waals surface area (Å²) in [5.41, 5.74) is 6.17. The van der Waals surface area contributed by atoms with Crippen molar-refractivity contribution >= 4 is 0 Å². The maximum absolute atomic E-state index is 5.28. The van der Waals surface area contributed by atoms with Crippen LogP contribution in [0.1, 0.15) is 47.3 Å². The Morgan fingerprint density at radius 1 is 1.07 bits per heavy atom. The van der Waals surface area contributed by atoms with E-state index in [1.165, 1.54) is 12.8 Å². The van der Waals surface area contributed by atoms with Crippen molar-refractivity contribution in [2.24, 2.45) is 0 Å². The van der Waals surface area contributed by atoms with Gasteiger partial charge < -0.3 is 4.52 Å². The first-order valence-corrected chi connectivity index (χ1v) is 9.49. The van der Waals surface area contributed by atoms with Crippen molar-refractivity contribution in [1.29, 1.82) is 0 Å². The number of rotatable bonds is 4. The minimum Gasteiger partial charge on any atom is -0.361 e. The van der Waals surface area contributed by atoms with Crippen molar-refractivity contribution in [2.45, 2.75) is 46.1 Å². The molecule has 0 saturated carbocycles. The number of hydrogen-bond donors (Lipinski definition) is 0. The van der Waals surface area contributed by atoms with Gasteiger partial charge in [0.25, 0.3) is 0 Å². The third-order valence-corrected chi connectivity index (χ3v) is 5.25. The number of pyridine rings is 1. The van der Waals surface area contributed by atoms with Gasteiger partial charge in [-0.15, -0.1) is 0 Å². The molecule has 1 fully saturated rings. The lowest BCUT2D eigenvalue weighted by molar-refractivity contribution is 0.196. The molecule has 4 rings (SSSR count). The zero-order valence-corrected chi connectivity index (χ0v) is 16.1. The summed E-state index contributed by atoms with van der Waals surface area (Å²) in [5.74, 6) is 1.29. The van der Waals surface area contributed by atoms with Gasteiger partial charge in [-0.25, -0.2) is 0 Å². The molecule has 1 saturated heterocycles. The monoisotopic (exact) mass is 363 g/mol. The van der Waals surface area contributed by atoms with Crippen molar-refractivity contribution in [3.05, 3.63) is 59.3 Å². The van der Waals surface area contributed by atoms with Crippen LogP contribution in [0.15, 0.2) is 35.2 Å². The zero-order chi connectivity index (χ0) is 18.8. The predicted octanol–water partition coefficient (Wildman–Crippen LogP) is 3.83. The average molecular weight is 363 g/mol. The van der Waals surface area contributed by atoms with E-state index in [0.29, 0.717) is 5.92 Å². The molecule has 1 aliphatic rings. The lowest BCUT2D eigenvalue weighted by atomic mass is 9.93. The van der Waals surface area contributed by atoms with Gasteiger partial charge in [0.05, 0.1) is 17.1 Å². The number of aryl methyl sites for hydroxylation is 3. The summed E-state index contributed by atoms with van der Waals surface area (Å²) in [5, 5.41) is 4.04. The minimum absolute atomic E-state index is 0.455. The summed E-state index contributed by atoms with van der Waals surface area (Å²) in [6.45, 7) is 8.83. The second kappa shape index (κ2) is 7.56. The van der Waals surface area contributed by atoms with Gasteiger partial charge in [0.1, 0.15) is 5.76 Å². The van der Waals surface area contributed by atoms with Crippen LogP contribution in [-0.4, -0.2) is 38.1 Å². The van der Waals surface area contributed by atoms with Crippen LogP contribution in [0, 0.1) is 20.8 Å². The largest absolute Gasteiger partial charge is 0.361 e. The second-order valence-electron chi connectivity index (χ2n) is 7.39. The molecule has 140 valence electrons. The van der Waals surface area contributed by atoms with Crippen LogP contribution in [0.2, 0.25) is 0 Å². The number of piperidine rings is 1. The smallest absolute Gasteiger partial charge is 0.141 e. The van der Waals surface area contributed by atoms with Crippen LogP contribution in [0.25, 0.3) is 11.1 Å². The summed E-state index contributed by atoms with van der Waals surface area (Å²) in [7, 11) is 0. The van der Waals surface area contributed by atoms with E-state index in [9.17, 15) is 0 Å². The highest BCUT2D eigenvalue weighted by Crippen LogP contribution is 2.30. The number of aromatic nitrogens is 4. The van der Waals surface area contributed by atoms with Gasteiger partial charge in [0.2, 0.25) is 0 Å². The first-order chi connectivity index (χ1) is 13.1.